The average molecular weight is 417 g/mol. The Kier molecular flexibility index (Phi) is 6.06. The number of hydrogen-bond acceptors (Lipinski definition) is 1. The zero-order chi connectivity index (χ0) is 14.7. The lowest BCUT2D eigenvalue weighted by Crippen LogP contribution is -2.40. The van der Waals surface area contributed by atoms with Crippen molar-refractivity contribution in [1.82, 2.24) is 10.6 Å². The third-order valence-electron chi connectivity index (χ3n) is 4.65. The van der Waals surface area contributed by atoms with Crippen molar-refractivity contribution in [3.63, 3.8) is 0 Å². The van der Waals surface area contributed by atoms with Crippen LogP contribution in [0, 0.1) is 17.2 Å². The van der Waals surface area contributed by atoms with Crippen molar-refractivity contribution in [2.75, 3.05) is 13.1 Å². The molecule has 0 bridgehead atoms. The van der Waals surface area contributed by atoms with Crippen LogP contribution in [0.3, 0.4) is 0 Å². The van der Waals surface area contributed by atoms with Crippen molar-refractivity contribution < 1.29 is 4.39 Å². The van der Waals surface area contributed by atoms with Gasteiger partial charge in [-0.1, -0.05) is 18.2 Å². The van der Waals surface area contributed by atoms with Crippen LogP contribution in [0.2, 0.25) is 0 Å². The van der Waals surface area contributed by atoms with Gasteiger partial charge in [0.1, 0.15) is 5.82 Å². The molecule has 0 aliphatic heterocycles. The highest BCUT2D eigenvalue weighted by atomic mass is 127. The molecule has 22 heavy (non-hydrogen) atoms. The number of guanidine groups is 1. The predicted octanol–water partition coefficient (Wildman–Crippen LogP) is 3.69. The van der Waals surface area contributed by atoms with Gasteiger partial charge in [0.2, 0.25) is 0 Å². The number of halogens is 2. The maximum Gasteiger partial charge on any atom is 0.191 e. The Morgan fingerprint density at radius 1 is 1.27 bits per heavy atom. The van der Waals surface area contributed by atoms with Crippen molar-refractivity contribution in [2.24, 2.45) is 16.3 Å². The maximum absolute atomic E-state index is 13.6. The SMILES string of the molecule is CCNC(=NCc1ccccc1F)NCC1(C2CC2)CC1.I. The van der Waals surface area contributed by atoms with Gasteiger partial charge >= 0.3 is 0 Å². The van der Waals surface area contributed by atoms with Gasteiger partial charge < -0.3 is 10.6 Å². The van der Waals surface area contributed by atoms with Gasteiger partial charge in [-0.2, -0.15) is 0 Å². The molecule has 2 fully saturated rings. The highest BCUT2D eigenvalue weighted by molar-refractivity contribution is 14.0. The van der Waals surface area contributed by atoms with E-state index in [4.69, 9.17) is 0 Å². The van der Waals surface area contributed by atoms with Gasteiger partial charge in [-0.3, -0.25) is 0 Å². The van der Waals surface area contributed by atoms with E-state index in [1.807, 2.05) is 13.0 Å². The molecule has 122 valence electrons. The number of rotatable bonds is 6. The average Bonchev–Trinajstić information content (AvgIpc) is 3.37. The number of benzene rings is 1. The minimum Gasteiger partial charge on any atom is -0.357 e. The summed E-state index contributed by atoms with van der Waals surface area (Å²) in [5.41, 5.74) is 1.17. The Morgan fingerprint density at radius 3 is 2.59 bits per heavy atom. The van der Waals surface area contributed by atoms with E-state index in [1.54, 1.807) is 12.1 Å². The van der Waals surface area contributed by atoms with Gasteiger partial charge in [-0.05, 0) is 50.0 Å². The normalized spacial score (nSPS) is 19.3. The molecule has 2 aliphatic rings. The summed E-state index contributed by atoms with van der Waals surface area (Å²) >= 11 is 0. The molecule has 0 amide bonds. The van der Waals surface area contributed by atoms with E-state index in [2.05, 4.69) is 15.6 Å². The van der Waals surface area contributed by atoms with Crippen LogP contribution in [0.5, 0.6) is 0 Å². The van der Waals surface area contributed by atoms with Crippen LogP contribution < -0.4 is 10.6 Å². The van der Waals surface area contributed by atoms with E-state index >= 15 is 0 Å². The molecule has 0 aromatic heterocycles. The van der Waals surface area contributed by atoms with E-state index in [0.29, 0.717) is 17.5 Å². The van der Waals surface area contributed by atoms with Crippen molar-refractivity contribution in [2.45, 2.75) is 39.2 Å². The Labute approximate surface area is 149 Å². The van der Waals surface area contributed by atoms with Gasteiger partial charge in [0.05, 0.1) is 6.54 Å². The first-order chi connectivity index (χ1) is 10.2. The summed E-state index contributed by atoms with van der Waals surface area (Å²) in [6.45, 7) is 4.24. The van der Waals surface area contributed by atoms with Gasteiger partial charge in [-0.25, -0.2) is 9.38 Å². The molecule has 2 N–H and O–H groups in total. The molecule has 3 nitrogen and oxygen atoms in total. The predicted molar refractivity (Wildman–Crippen MR) is 99.0 cm³/mol. The van der Waals surface area contributed by atoms with Crippen LogP contribution >= 0.6 is 24.0 Å². The van der Waals surface area contributed by atoms with Crippen molar-refractivity contribution in [1.29, 1.82) is 0 Å². The van der Waals surface area contributed by atoms with Crippen LogP contribution in [0.1, 0.15) is 38.2 Å². The molecule has 0 spiro atoms. The smallest absolute Gasteiger partial charge is 0.191 e. The van der Waals surface area contributed by atoms with Crippen molar-refractivity contribution in [3.8, 4) is 0 Å². The summed E-state index contributed by atoms with van der Waals surface area (Å²) in [5, 5.41) is 6.70. The Morgan fingerprint density at radius 2 is 2.00 bits per heavy atom. The fraction of sp³-hybridized carbons (Fsp3) is 0.588. The van der Waals surface area contributed by atoms with Crippen molar-refractivity contribution in [3.05, 3.63) is 35.6 Å². The molecule has 0 unspecified atom stereocenters. The Hall–Kier alpha value is -0.850. The summed E-state index contributed by atoms with van der Waals surface area (Å²) in [4.78, 5) is 4.51. The monoisotopic (exact) mass is 417 g/mol. The second kappa shape index (κ2) is 7.62. The van der Waals surface area contributed by atoms with Gasteiger partial charge in [0, 0.05) is 18.7 Å². The van der Waals surface area contributed by atoms with Gasteiger partial charge in [0.15, 0.2) is 5.96 Å². The maximum atomic E-state index is 13.6. The lowest BCUT2D eigenvalue weighted by atomic mass is 10.0. The lowest BCUT2D eigenvalue weighted by molar-refractivity contribution is 0.431. The fourth-order valence-electron chi connectivity index (χ4n) is 2.98. The van der Waals surface area contributed by atoms with Crippen LogP contribution in [-0.2, 0) is 6.54 Å². The van der Waals surface area contributed by atoms with Crippen molar-refractivity contribution >= 4 is 29.9 Å². The molecule has 0 radical (unpaired) electrons. The molecule has 2 aliphatic carbocycles. The van der Waals surface area contributed by atoms with E-state index in [9.17, 15) is 4.39 Å². The summed E-state index contributed by atoms with van der Waals surface area (Å²) in [6.07, 6.45) is 5.48. The third kappa shape index (κ3) is 4.33. The topological polar surface area (TPSA) is 36.4 Å². The first-order valence-corrected chi connectivity index (χ1v) is 7.99. The van der Waals surface area contributed by atoms with E-state index < -0.39 is 0 Å². The van der Waals surface area contributed by atoms with Crippen LogP contribution in [0.4, 0.5) is 4.39 Å². The zero-order valence-electron chi connectivity index (χ0n) is 13.1. The summed E-state index contributed by atoms with van der Waals surface area (Å²) in [5.74, 6) is 1.54. The third-order valence-corrected chi connectivity index (χ3v) is 4.65. The second-order valence-electron chi connectivity index (χ2n) is 6.28. The highest BCUT2D eigenvalue weighted by Gasteiger charge is 2.53. The van der Waals surface area contributed by atoms with Crippen LogP contribution in [0.15, 0.2) is 29.3 Å². The minimum atomic E-state index is -0.186. The minimum absolute atomic E-state index is 0. The fourth-order valence-corrected chi connectivity index (χ4v) is 2.98. The van der Waals surface area contributed by atoms with E-state index in [-0.39, 0.29) is 29.8 Å². The molecule has 0 atom stereocenters. The molecule has 2 saturated carbocycles. The molecular weight excluding hydrogens is 392 g/mol. The number of nitrogens with one attached hydrogen (secondary N) is 2. The number of aliphatic imine (C=N–C) groups is 1. The second-order valence-corrected chi connectivity index (χ2v) is 6.28. The van der Waals surface area contributed by atoms with Gasteiger partial charge in [0.25, 0.3) is 0 Å². The standard InChI is InChI=1S/C17H24FN3.HI/c1-2-19-16(20-11-13-5-3-4-6-15(13)18)21-12-17(9-10-17)14-7-8-14;/h3-6,14H,2,7-12H2,1H3,(H2,19,20,21);1H. The summed E-state index contributed by atoms with van der Waals surface area (Å²) < 4.78 is 13.6. The Bertz CT molecular complexity index is 524. The molecule has 0 saturated heterocycles. The summed E-state index contributed by atoms with van der Waals surface area (Å²) in [6, 6.07) is 6.82. The highest BCUT2D eigenvalue weighted by Crippen LogP contribution is 2.60. The van der Waals surface area contributed by atoms with E-state index in [1.165, 1.54) is 31.7 Å². The molecule has 0 heterocycles. The first-order valence-electron chi connectivity index (χ1n) is 7.99. The van der Waals surface area contributed by atoms with Crippen LogP contribution in [-0.4, -0.2) is 19.0 Å². The quantitative estimate of drug-likeness (QED) is 0.421. The largest absolute Gasteiger partial charge is 0.357 e. The lowest BCUT2D eigenvalue weighted by Gasteiger charge is -2.18. The Balaban J connectivity index is 0.00000176. The molecule has 1 aromatic carbocycles. The first kappa shape index (κ1) is 17.5. The summed E-state index contributed by atoms with van der Waals surface area (Å²) in [7, 11) is 0. The molecule has 1 aromatic rings. The number of hydrogen-bond donors (Lipinski definition) is 2. The molecule has 3 rings (SSSR count). The zero-order valence-corrected chi connectivity index (χ0v) is 15.4. The van der Waals surface area contributed by atoms with Crippen LogP contribution in [0.25, 0.3) is 0 Å². The van der Waals surface area contributed by atoms with Gasteiger partial charge in [-0.15, -0.1) is 24.0 Å². The number of nitrogens with zero attached hydrogens (tertiary/aromatic N) is 1. The molecular formula is C17H25FIN3. The van der Waals surface area contributed by atoms with E-state index in [0.717, 1.165) is 25.0 Å². The molecule has 5 heteroatoms.